The second-order valence-corrected chi connectivity index (χ2v) is 6.56. The van der Waals surface area contributed by atoms with E-state index in [9.17, 15) is 14.0 Å². The van der Waals surface area contributed by atoms with Crippen LogP contribution in [0.4, 0.5) is 4.39 Å². The van der Waals surface area contributed by atoms with E-state index in [2.05, 4.69) is 5.32 Å². The number of halogens is 1. The first kappa shape index (κ1) is 18.3. The van der Waals surface area contributed by atoms with Gasteiger partial charge in [0.1, 0.15) is 11.4 Å². The van der Waals surface area contributed by atoms with Crippen LogP contribution in [0.2, 0.25) is 0 Å². The number of rotatable bonds is 6. The molecular formula is C20H23FN2O3. The number of amides is 1. The summed E-state index contributed by atoms with van der Waals surface area (Å²) < 4.78 is 20.7. The van der Waals surface area contributed by atoms with Crippen LogP contribution in [-0.4, -0.2) is 29.7 Å². The van der Waals surface area contributed by atoms with Crippen LogP contribution < -0.4 is 10.9 Å². The molecule has 1 N–H and O–H groups in total. The minimum atomic E-state index is -0.425. The van der Waals surface area contributed by atoms with E-state index in [4.69, 9.17) is 4.74 Å². The van der Waals surface area contributed by atoms with E-state index in [0.29, 0.717) is 30.7 Å². The molecule has 1 aliphatic rings. The lowest BCUT2D eigenvalue weighted by Crippen LogP contribution is -2.36. The largest absolute Gasteiger partial charge is 0.376 e. The lowest BCUT2D eigenvalue weighted by atomic mass is 10.1. The molecule has 1 fully saturated rings. The number of nitrogens with zero attached hydrogens (tertiary/aromatic N) is 1. The highest BCUT2D eigenvalue weighted by Crippen LogP contribution is 2.14. The molecule has 1 aromatic carbocycles. The third-order valence-corrected chi connectivity index (χ3v) is 4.66. The van der Waals surface area contributed by atoms with Gasteiger partial charge in [-0.1, -0.05) is 18.2 Å². The first-order chi connectivity index (χ1) is 12.6. The zero-order valence-electron chi connectivity index (χ0n) is 14.8. The average Bonchev–Trinajstić information content (AvgIpc) is 3.12. The lowest BCUT2D eigenvalue weighted by Gasteiger charge is -2.14. The topological polar surface area (TPSA) is 60.3 Å². The molecule has 2 aromatic rings. The van der Waals surface area contributed by atoms with Crippen molar-refractivity contribution in [3.63, 3.8) is 0 Å². The van der Waals surface area contributed by atoms with Crippen LogP contribution in [0.1, 0.15) is 34.3 Å². The number of pyridine rings is 1. The second-order valence-electron chi connectivity index (χ2n) is 6.56. The van der Waals surface area contributed by atoms with Gasteiger partial charge in [0.15, 0.2) is 0 Å². The van der Waals surface area contributed by atoms with Gasteiger partial charge in [-0.25, -0.2) is 4.39 Å². The van der Waals surface area contributed by atoms with Crippen LogP contribution in [-0.2, 0) is 17.7 Å². The molecule has 0 radical (unpaired) electrons. The van der Waals surface area contributed by atoms with Crippen LogP contribution in [0.15, 0.2) is 41.3 Å². The monoisotopic (exact) mass is 358 g/mol. The Labute approximate surface area is 151 Å². The second kappa shape index (κ2) is 8.27. The molecule has 6 heteroatoms. The standard InChI is InChI=1S/C20H23FN2O3/c1-14-9-11-23(13-16-6-4-12-26-16)20(25)18(14)19(24)22-10-8-15-5-2-3-7-17(15)21/h2-3,5,7,9,11,16H,4,6,8,10,12-13H2,1H3,(H,22,24). The SMILES string of the molecule is Cc1ccn(CC2CCCO2)c(=O)c1C(=O)NCCc1ccccc1F. The molecule has 1 saturated heterocycles. The number of benzene rings is 1. The van der Waals surface area contributed by atoms with Crippen molar-refractivity contribution in [1.82, 2.24) is 9.88 Å². The van der Waals surface area contributed by atoms with Gasteiger partial charge in [0, 0.05) is 19.3 Å². The van der Waals surface area contributed by atoms with Gasteiger partial charge in [-0.15, -0.1) is 0 Å². The van der Waals surface area contributed by atoms with E-state index < -0.39 is 5.91 Å². The van der Waals surface area contributed by atoms with Crippen LogP contribution in [0.3, 0.4) is 0 Å². The quantitative estimate of drug-likeness (QED) is 0.863. The maximum Gasteiger partial charge on any atom is 0.263 e. The summed E-state index contributed by atoms with van der Waals surface area (Å²) in [4.78, 5) is 25.2. The molecule has 1 unspecified atom stereocenters. The normalized spacial score (nSPS) is 16.6. The van der Waals surface area contributed by atoms with Crippen molar-refractivity contribution in [3.05, 3.63) is 69.4 Å². The van der Waals surface area contributed by atoms with Gasteiger partial charge in [0.2, 0.25) is 0 Å². The fourth-order valence-corrected chi connectivity index (χ4v) is 3.19. The highest BCUT2D eigenvalue weighted by molar-refractivity contribution is 5.95. The van der Waals surface area contributed by atoms with Crippen molar-refractivity contribution in [2.75, 3.05) is 13.2 Å². The number of carbonyl (C=O) groups excluding carboxylic acids is 1. The van der Waals surface area contributed by atoms with Crippen LogP contribution in [0.5, 0.6) is 0 Å². The summed E-state index contributed by atoms with van der Waals surface area (Å²) in [5.74, 6) is -0.720. The molecular weight excluding hydrogens is 335 g/mol. The Balaban J connectivity index is 1.68. The van der Waals surface area contributed by atoms with Gasteiger partial charge in [0.25, 0.3) is 11.5 Å². The number of hydrogen-bond acceptors (Lipinski definition) is 3. The zero-order chi connectivity index (χ0) is 18.5. The molecule has 0 aliphatic carbocycles. The molecule has 26 heavy (non-hydrogen) atoms. The molecule has 3 rings (SSSR count). The van der Waals surface area contributed by atoms with Gasteiger partial charge in [-0.05, 0) is 49.4 Å². The van der Waals surface area contributed by atoms with Crippen molar-refractivity contribution in [2.45, 2.75) is 38.8 Å². The number of carbonyl (C=O) groups is 1. The molecule has 1 amide bonds. The summed E-state index contributed by atoms with van der Waals surface area (Å²) in [5.41, 5.74) is 0.985. The highest BCUT2D eigenvalue weighted by Gasteiger charge is 2.20. The fourth-order valence-electron chi connectivity index (χ4n) is 3.19. The van der Waals surface area contributed by atoms with E-state index >= 15 is 0 Å². The first-order valence-electron chi connectivity index (χ1n) is 8.89. The molecule has 0 bridgehead atoms. The number of aryl methyl sites for hydroxylation is 1. The molecule has 2 heterocycles. The van der Waals surface area contributed by atoms with Crippen molar-refractivity contribution in [3.8, 4) is 0 Å². The van der Waals surface area contributed by atoms with E-state index in [1.165, 1.54) is 10.6 Å². The van der Waals surface area contributed by atoms with E-state index in [0.717, 1.165) is 12.8 Å². The summed E-state index contributed by atoms with van der Waals surface area (Å²) in [5, 5.41) is 2.73. The minimum absolute atomic E-state index is 0.0207. The molecule has 1 aliphatic heterocycles. The third kappa shape index (κ3) is 4.19. The maximum absolute atomic E-state index is 13.6. The Morgan fingerprint density at radius 2 is 2.15 bits per heavy atom. The Morgan fingerprint density at radius 3 is 2.88 bits per heavy atom. The predicted octanol–water partition coefficient (Wildman–Crippen LogP) is 2.45. The number of ether oxygens (including phenoxy) is 1. The van der Waals surface area contributed by atoms with E-state index in [1.807, 2.05) is 0 Å². The number of nitrogens with one attached hydrogen (secondary N) is 1. The molecule has 1 atom stereocenters. The lowest BCUT2D eigenvalue weighted by molar-refractivity contribution is 0.0930. The summed E-state index contributed by atoms with van der Waals surface area (Å²) in [6, 6.07) is 8.22. The molecule has 138 valence electrons. The molecule has 0 saturated carbocycles. The summed E-state index contributed by atoms with van der Waals surface area (Å²) >= 11 is 0. The van der Waals surface area contributed by atoms with Crippen LogP contribution >= 0.6 is 0 Å². The third-order valence-electron chi connectivity index (χ3n) is 4.66. The van der Waals surface area contributed by atoms with Crippen molar-refractivity contribution < 1.29 is 13.9 Å². The predicted molar refractivity (Wildman–Crippen MR) is 96.9 cm³/mol. The highest BCUT2D eigenvalue weighted by atomic mass is 19.1. The number of hydrogen-bond donors (Lipinski definition) is 1. The Morgan fingerprint density at radius 1 is 1.35 bits per heavy atom. The first-order valence-corrected chi connectivity index (χ1v) is 8.89. The summed E-state index contributed by atoms with van der Waals surface area (Å²) in [6.45, 7) is 3.17. The minimum Gasteiger partial charge on any atom is -0.376 e. The van der Waals surface area contributed by atoms with Gasteiger partial charge in [0.05, 0.1) is 12.6 Å². The average molecular weight is 358 g/mol. The van der Waals surface area contributed by atoms with E-state index in [1.54, 1.807) is 37.4 Å². The zero-order valence-corrected chi connectivity index (χ0v) is 14.8. The molecule has 5 nitrogen and oxygen atoms in total. The fraction of sp³-hybridized carbons (Fsp3) is 0.400. The Hall–Kier alpha value is -2.47. The molecule has 0 spiro atoms. The van der Waals surface area contributed by atoms with Crippen molar-refractivity contribution in [2.24, 2.45) is 0 Å². The Bertz CT molecular complexity index is 841. The van der Waals surface area contributed by atoms with Gasteiger partial charge in [-0.2, -0.15) is 0 Å². The van der Waals surface area contributed by atoms with Gasteiger partial charge in [-0.3, -0.25) is 9.59 Å². The van der Waals surface area contributed by atoms with E-state index in [-0.39, 0.29) is 29.6 Å². The van der Waals surface area contributed by atoms with Crippen molar-refractivity contribution in [1.29, 1.82) is 0 Å². The number of aromatic nitrogens is 1. The molecule has 1 aromatic heterocycles. The maximum atomic E-state index is 13.6. The van der Waals surface area contributed by atoms with Crippen molar-refractivity contribution >= 4 is 5.91 Å². The smallest absolute Gasteiger partial charge is 0.263 e. The summed E-state index contributed by atoms with van der Waals surface area (Å²) in [7, 11) is 0. The Kier molecular flexibility index (Phi) is 5.83. The van der Waals surface area contributed by atoms with Gasteiger partial charge < -0.3 is 14.6 Å². The van der Waals surface area contributed by atoms with Gasteiger partial charge >= 0.3 is 0 Å². The summed E-state index contributed by atoms with van der Waals surface area (Å²) in [6.07, 6.45) is 4.01. The van der Waals surface area contributed by atoms with Crippen LogP contribution in [0.25, 0.3) is 0 Å². The van der Waals surface area contributed by atoms with Crippen LogP contribution in [0, 0.1) is 12.7 Å².